The minimum Gasteiger partial charge on any atom is -0.378 e. The number of hydrogen-bond acceptors (Lipinski definition) is 3. The fourth-order valence-electron chi connectivity index (χ4n) is 3.52. The zero-order chi connectivity index (χ0) is 18.0. The van der Waals surface area contributed by atoms with Crippen molar-refractivity contribution in [2.45, 2.75) is 38.6 Å². The number of rotatable bonds is 4. The first-order valence-corrected chi connectivity index (χ1v) is 9.06. The summed E-state index contributed by atoms with van der Waals surface area (Å²) in [4.78, 5) is 21.4. The van der Waals surface area contributed by atoms with Gasteiger partial charge in [-0.3, -0.25) is 4.79 Å². The number of carbonyl (C=O) groups excluding carboxylic acids is 1. The molecule has 0 N–H and O–H groups in total. The van der Waals surface area contributed by atoms with Gasteiger partial charge in [0.05, 0.1) is 0 Å². The van der Waals surface area contributed by atoms with Crippen LogP contribution >= 0.6 is 0 Å². The standard InChI is InChI=1S/C20H28N4O/c1-15(2)24-13-10-21-19(24)16-8-11-23(12-9-16)20(25)17-6-5-7-18(14-17)22(3)4/h5-7,10,13-16H,8-9,11-12H2,1-4H3. The molecule has 2 aromatic rings. The molecule has 1 aromatic heterocycles. The number of carbonyl (C=O) groups is 1. The third kappa shape index (κ3) is 3.70. The maximum atomic E-state index is 12.8. The van der Waals surface area contributed by atoms with Crippen molar-refractivity contribution in [3.8, 4) is 0 Å². The summed E-state index contributed by atoms with van der Waals surface area (Å²) in [5, 5.41) is 0. The van der Waals surface area contributed by atoms with Gasteiger partial charge in [-0.05, 0) is 44.9 Å². The van der Waals surface area contributed by atoms with Gasteiger partial charge in [0.1, 0.15) is 5.82 Å². The Kier molecular flexibility index (Phi) is 5.11. The minimum atomic E-state index is 0.134. The Labute approximate surface area is 150 Å². The van der Waals surface area contributed by atoms with Crippen LogP contribution in [0, 0.1) is 0 Å². The molecular formula is C20H28N4O. The average molecular weight is 340 g/mol. The molecule has 0 aliphatic carbocycles. The molecule has 5 heteroatoms. The normalized spacial score (nSPS) is 15.6. The molecule has 0 spiro atoms. The van der Waals surface area contributed by atoms with Crippen LogP contribution in [0.3, 0.4) is 0 Å². The number of piperidine rings is 1. The summed E-state index contributed by atoms with van der Waals surface area (Å²) in [5.74, 6) is 1.74. The van der Waals surface area contributed by atoms with Gasteiger partial charge >= 0.3 is 0 Å². The molecule has 1 aliphatic heterocycles. The summed E-state index contributed by atoms with van der Waals surface area (Å²) in [6.45, 7) is 5.95. The molecule has 134 valence electrons. The molecule has 0 bridgehead atoms. The number of imidazole rings is 1. The summed E-state index contributed by atoms with van der Waals surface area (Å²) in [6.07, 6.45) is 5.90. The number of benzene rings is 1. The third-order valence-electron chi connectivity index (χ3n) is 5.01. The zero-order valence-corrected chi connectivity index (χ0v) is 15.6. The number of aromatic nitrogens is 2. The number of amides is 1. The van der Waals surface area contributed by atoms with Crippen LogP contribution in [0.1, 0.15) is 54.8 Å². The first kappa shape index (κ1) is 17.5. The topological polar surface area (TPSA) is 41.4 Å². The molecule has 1 aromatic carbocycles. The van der Waals surface area contributed by atoms with Crippen LogP contribution in [-0.2, 0) is 0 Å². The van der Waals surface area contributed by atoms with Crippen molar-refractivity contribution in [3.05, 3.63) is 48.0 Å². The van der Waals surface area contributed by atoms with Gasteiger partial charge in [-0.2, -0.15) is 0 Å². The first-order valence-electron chi connectivity index (χ1n) is 9.06. The van der Waals surface area contributed by atoms with Crippen molar-refractivity contribution in [1.82, 2.24) is 14.5 Å². The lowest BCUT2D eigenvalue weighted by Crippen LogP contribution is -2.38. The van der Waals surface area contributed by atoms with Crippen molar-refractivity contribution >= 4 is 11.6 Å². The largest absolute Gasteiger partial charge is 0.378 e. The van der Waals surface area contributed by atoms with Crippen LogP contribution in [0.2, 0.25) is 0 Å². The van der Waals surface area contributed by atoms with Gasteiger partial charge in [0.25, 0.3) is 5.91 Å². The molecule has 2 heterocycles. The molecule has 1 saturated heterocycles. The Bertz CT molecular complexity index is 727. The van der Waals surface area contributed by atoms with Gasteiger partial charge < -0.3 is 14.4 Å². The van der Waals surface area contributed by atoms with Crippen molar-refractivity contribution < 1.29 is 4.79 Å². The van der Waals surface area contributed by atoms with E-state index >= 15 is 0 Å². The van der Waals surface area contributed by atoms with Crippen LogP contribution in [0.4, 0.5) is 5.69 Å². The molecular weight excluding hydrogens is 312 g/mol. The SMILES string of the molecule is CC(C)n1ccnc1C1CCN(C(=O)c2cccc(N(C)C)c2)CC1. The molecule has 25 heavy (non-hydrogen) atoms. The predicted octanol–water partition coefficient (Wildman–Crippen LogP) is 3.55. The van der Waals surface area contributed by atoms with Crippen LogP contribution < -0.4 is 4.90 Å². The lowest BCUT2D eigenvalue weighted by atomic mass is 9.95. The van der Waals surface area contributed by atoms with Crippen LogP contribution in [0.5, 0.6) is 0 Å². The highest BCUT2D eigenvalue weighted by atomic mass is 16.2. The number of nitrogens with zero attached hydrogens (tertiary/aromatic N) is 4. The highest BCUT2D eigenvalue weighted by Crippen LogP contribution is 2.29. The Morgan fingerprint density at radius 1 is 1.24 bits per heavy atom. The molecule has 3 rings (SSSR count). The summed E-state index contributed by atoms with van der Waals surface area (Å²) >= 11 is 0. The Morgan fingerprint density at radius 2 is 1.96 bits per heavy atom. The summed E-state index contributed by atoms with van der Waals surface area (Å²) in [6, 6.07) is 8.28. The van der Waals surface area contributed by atoms with E-state index in [0.717, 1.165) is 43.0 Å². The van der Waals surface area contributed by atoms with E-state index < -0.39 is 0 Å². The predicted molar refractivity (Wildman–Crippen MR) is 101 cm³/mol. The molecule has 0 radical (unpaired) electrons. The van der Waals surface area contributed by atoms with Crippen LogP contribution in [-0.4, -0.2) is 47.5 Å². The van der Waals surface area contributed by atoms with E-state index in [9.17, 15) is 4.79 Å². The summed E-state index contributed by atoms with van der Waals surface area (Å²) in [7, 11) is 3.98. The summed E-state index contributed by atoms with van der Waals surface area (Å²) in [5.41, 5.74) is 1.83. The summed E-state index contributed by atoms with van der Waals surface area (Å²) < 4.78 is 2.25. The van der Waals surface area contributed by atoms with Gasteiger partial charge in [-0.1, -0.05) is 6.07 Å². The molecule has 1 amide bonds. The Balaban J connectivity index is 1.67. The van der Waals surface area contributed by atoms with E-state index in [2.05, 4.69) is 29.6 Å². The maximum absolute atomic E-state index is 12.8. The van der Waals surface area contributed by atoms with Crippen LogP contribution in [0.25, 0.3) is 0 Å². The minimum absolute atomic E-state index is 0.134. The molecule has 0 saturated carbocycles. The van der Waals surface area contributed by atoms with Gasteiger partial charge in [0, 0.05) is 62.8 Å². The van der Waals surface area contributed by atoms with Crippen LogP contribution in [0.15, 0.2) is 36.7 Å². The van der Waals surface area contributed by atoms with E-state index in [1.807, 2.05) is 54.4 Å². The molecule has 5 nitrogen and oxygen atoms in total. The average Bonchev–Trinajstić information content (AvgIpc) is 3.11. The van der Waals surface area contributed by atoms with Gasteiger partial charge in [0.2, 0.25) is 0 Å². The smallest absolute Gasteiger partial charge is 0.253 e. The van der Waals surface area contributed by atoms with E-state index in [1.54, 1.807) is 0 Å². The van der Waals surface area contributed by atoms with Gasteiger partial charge in [-0.25, -0.2) is 4.98 Å². The van der Waals surface area contributed by atoms with E-state index in [1.165, 1.54) is 0 Å². The fraction of sp³-hybridized carbons (Fsp3) is 0.500. The molecule has 1 fully saturated rings. The number of hydrogen-bond donors (Lipinski definition) is 0. The van der Waals surface area contributed by atoms with E-state index in [-0.39, 0.29) is 5.91 Å². The lowest BCUT2D eigenvalue weighted by Gasteiger charge is -2.32. The van der Waals surface area contributed by atoms with Gasteiger partial charge in [0.15, 0.2) is 0 Å². The second kappa shape index (κ2) is 7.30. The zero-order valence-electron chi connectivity index (χ0n) is 15.6. The van der Waals surface area contributed by atoms with E-state index in [0.29, 0.717) is 12.0 Å². The van der Waals surface area contributed by atoms with Crippen molar-refractivity contribution in [2.75, 3.05) is 32.1 Å². The quantitative estimate of drug-likeness (QED) is 0.855. The second-order valence-corrected chi connectivity index (χ2v) is 7.30. The van der Waals surface area contributed by atoms with Gasteiger partial charge in [-0.15, -0.1) is 0 Å². The highest BCUT2D eigenvalue weighted by molar-refractivity contribution is 5.95. The monoisotopic (exact) mass is 340 g/mol. The molecule has 0 unspecified atom stereocenters. The molecule has 1 aliphatic rings. The van der Waals surface area contributed by atoms with E-state index in [4.69, 9.17) is 0 Å². The third-order valence-corrected chi connectivity index (χ3v) is 5.01. The van der Waals surface area contributed by atoms with Crippen molar-refractivity contribution in [3.63, 3.8) is 0 Å². The number of likely N-dealkylation sites (tertiary alicyclic amines) is 1. The lowest BCUT2D eigenvalue weighted by molar-refractivity contribution is 0.0710. The Morgan fingerprint density at radius 3 is 2.60 bits per heavy atom. The fourth-order valence-corrected chi connectivity index (χ4v) is 3.52. The number of anilines is 1. The highest BCUT2D eigenvalue weighted by Gasteiger charge is 2.27. The first-order chi connectivity index (χ1) is 12.0. The van der Waals surface area contributed by atoms with Crippen molar-refractivity contribution in [2.24, 2.45) is 0 Å². The molecule has 0 atom stereocenters. The maximum Gasteiger partial charge on any atom is 0.253 e. The Hall–Kier alpha value is -2.30. The second-order valence-electron chi connectivity index (χ2n) is 7.30. The van der Waals surface area contributed by atoms with Crippen molar-refractivity contribution in [1.29, 1.82) is 0 Å².